The minimum Gasteiger partial charge on any atom is -0.490 e. The summed E-state index contributed by atoms with van der Waals surface area (Å²) in [6.07, 6.45) is 1.61. The zero-order valence-corrected chi connectivity index (χ0v) is 23.2. The summed E-state index contributed by atoms with van der Waals surface area (Å²) in [6.45, 7) is 2.60. The van der Waals surface area contributed by atoms with E-state index in [1.165, 1.54) is 12.1 Å². The summed E-state index contributed by atoms with van der Waals surface area (Å²) in [6, 6.07) is 13.7. The second-order valence-electron chi connectivity index (χ2n) is 10.4. The van der Waals surface area contributed by atoms with Gasteiger partial charge in [-0.2, -0.15) is 0 Å². The Hall–Kier alpha value is -4.02. The number of aromatic amines is 2. The Morgan fingerprint density at radius 1 is 0.650 bits per heavy atom. The van der Waals surface area contributed by atoms with Gasteiger partial charge in [0.1, 0.15) is 11.6 Å². The first-order valence-corrected chi connectivity index (χ1v) is 13.3. The Balaban J connectivity index is 1.30. The van der Waals surface area contributed by atoms with Crippen LogP contribution in [0.3, 0.4) is 0 Å². The van der Waals surface area contributed by atoms with E-state index in [2.05, 4.69) is 29.7 Å². The SMILES string of the molecule is CN(C)CCCOc1cc2[nH]c(-c3ccc(-c4nc5cc(F)c(OCCCN(C)C)cc5[nH]4)cc3)nc2cc1F. The van der Waals surface area contributed by atoms with Crippen molar-refractivity contribution in [2.24, 2.45) is 0 Å². The third kappa shape index (κ3) is 6.40. The van der Waals surface area contributed by atoms with Gasteiger partial charge in [-0.25, -0.2) is 18.7 Å². The highest BCUT2D eigenvalue weighted by molar-refractivity contribution is 5.83. The molecule has 3 aromatic carbocycles. The predicted molar refractivity (Wildman–Crippen MR) is 154 cm³/mol. The number of halogens is 2. The van der Waals surface area contributed by atoms with E-state index in [-0.39, 0.29) is 11.5 Å². The number of rotatable bonds is 12. The molecule has 0 spiro atoms. The molecule has 210 valence electrons. The van der Waals surface area contributed by atoms with Crippen LogP contribution < -0.4 is 9.47 Å². The van der Waals surface area contributed by atoms with E-state index in [1.54, 1.807) is 12.1 Å². The van der Waals surface area contributed by atoms with Crippen LogP contribution in [-0.2, 0) is 0 Å². The topological polar surface area (TPSA) is 82.3 Å². The highest BCUT2D eigenvalue weighted by atomic mass is 19.1. The van der Waals surface area contributed by atoms with Crippen LogP contribution in [-0.4, -0.2) is 84.2 Å². The van der Waals surface area contributed by atoms with Crippen molar-refractivity contribution >= 4 is 22.1 Å². The molecular formula is C30H34F2N6O2. The number of ether oxygens (including phenoxy) is 2. The molecule has 0 unspecified atom stereocenters. The van der Waals surface area contributed by atoms with Gasteiger partial charge in [0, 0.05) is 48.5 Å². The summed E-state index contributed by atoms with van der Waals surface area (Å²) in [5.74, 6) is 0.783. The fraction of sp³-hybridized carbons (Fsp3) is 0.333. The van der Waals surface area contributed by atoms with E-state index in [9.17, 15) is 8.78 Å². The van der Waals surface area contributed by atoms with E-state index in [1.807, 2.05) is 52.5 Å². The maximum atomic E-state index is 14.6. The van der Waals surface area contributed by atoms with E-state index in [0.717, 1.165) is 37.1 Å². The quantitative estimate of drug-likeness (QED) is 0.194. The van der Waals surface area contributed by atoms with Gasteiger partial charge in [-0.05, 0) is 41.0 Å². The Bertz CT molecular complexity index is 1470. The van der Waals surface area contributed by atoms with Gasteiger partial charge in [-0.1, -0.05) is 24.3 Å². The molecule has 5 rings (SSSR count). The van der Waals surface area contributed by atoms with Gasteiger partial charge < -0.3 is 29.2 Å². The van der Waals surface area contributed by atoms with Gasteiger partial charge in [0.2, 0.25) is 0 Å². The minimum absolute atomic E-state index is 0.209. The number of nitrogens with one attached hydrogen (secondary N) is 2. The standard InChI is InChI=1S/C30H34F2N6O2/c1-37(2)11-5-13-39-27-17-25-23(15-21(27)31)33-29(35-25)19-7-9-20(10-8-19)30-34-24-16-22(32)28(18-26(24)36-30)40-14-6-12-38(3)4/h7-10,15-18H,5-6,11-14H2,1-4H3,(H,33,35)(H,34,36). The molecule has 10 heteroatoms. The van der Waals surface area contributed by atoms with Crippen molar-refractivity contribution in [3.8, 4) is 34.3 Å². The van der Waals surface area contributed by atoms with Crippen molar-refractivity contribution in [2.75, 3.05) is 54.5 Å². The Morgan fingerprint density at radius 3 is 1.43 bits per heavy atom. The molecule has 8 nitrogen and oxygen atoms in total. The zero-order valence-electron chi connectivity index (χ0n) is 23.2. The molecule has 0 amide bonds. The molecule has 0 saturated heterocycles. The smallest absolute Gasteiger partial charge is 0.167 e. The number of nitrogens with zero attached hydrogens (tertiary/aromatic N) is 4. The highest BCUT2D eigenvalue weighted by Crippen LogP contribution is 2.30. The largest absolute Gasteiger partial charge is 0.490 e. The van der Waals surface area contributed by atoms with Gasteiger partial charge in [0.25, 0.3) is 0 Å². The van der Waals surface area contributed by atoms with Crippen LogP contribution in [0.1, 0.15) is 12.8 Å². The van der Waals surface area contributed by atoms with Crippen molar-refractivity contribution in [3.05, 3.63) is 60.2 Å². The summed E-state index contributed by atoms with van der Waals surface area (Å²) in [5, 5.41) is 0. The maximum absolute atomic E-state index is 14.6. The number of hydrogen-bond acceptors (Lipinski definition) is 6. The molecular weight excluding hydrogens is 514 g/mol. The van der Waals surface area contributed by atoms with Crippen LogP contribution in [0.4, 0.5) is 8.78 Å². The van der Waals surface area contributed by atoms with Crippen molar-refractivity contribution in [1.82, 2.24) is 29.7 Å². The molecule has 40 heavy (non-hydrogen) atoms. The van der Waals surface area contributed by atoms with Crippen molar-refractivity contribution in [1.29, 1.82) is 0 Å². The van der Waals surface area contributed by atoms with E-state index < -0.39 is 11.6 Å². The zero-order chi connectivity index (χ0) is 28.2. The van der Waals surface area contributed by atoms with Crippen LogP contribution in [0, 0.1) is 11.6 Å². The van der Waals surface area contributed by atoms with Gasteiger partial charge in [0.15, 0.2) is 23.1 Å². The van der Waals surface area contributed by atoms with Crippen LogP contribution in [0.15, 0.2) is 48.5 Å². The third-order valence-electron chi connectivity index (χ3n) is 6.52. The number of fused-ring (bicyclic) bond motifs is 2. The maximum Gasteiger partial charge on any atom is 0.167 e. The first-order chi connectivity index (χ1) is 19.3. The Kier molecular flexibility index (Phi) is 8.27. The van der Waals surface area contributed by atoms with Crippen molar-refractivity contribution < 1.29 is 18.3 Å². The van der Waals surface area contributed by atoms with E-state index in [4.69, 9.17) is 9.47 Å². The summed E-state index contributed by atoms with van der Waals surface area (Å²) >= 11 is 0. The molecule has 0 radical (unpaired) electrons. The molecule has 5 aromatic rings. The fourth-order valence-electron chi connectivity index (χ4n) is 4.43. The molecule has 0 aliphatic heterocycles. The average Bonchev–Trinajstić information content (AvgIpc) is 3.52. The second kappa shape index (κ2) is 12.0. The van der Waals surface area contributed by atoms with Crippen LogP contribution >= 0.6 is 0 Å². The lowest BCUT2D eigenvalue weighted by Crippen LogP contribution is -2.15. The molecule has 0 aliphatic rings. The number of hydrogen-bond donors (Lipinski definition) is 2. The summed E-state index contributed by atoms with van der Waals surface area (Å²) in [7, 11) is 7.96. The summed E-state index contributed by atoms with van der Waals surface area (Å²) in [5.41, 5.74) is 4.12. The molecule has 0 atom stereocenters. The van der Waals surface area contributed by atoms with Gasteiger partial charge in [0.05, 0.1) is 35.3 Å². The first kappa shape index (κ1) is 27.5. The molecule has 0 bridgehead atoms. The number of imidazole rings is 2. The lowest BCUT2D eigenvalue weighted by molar-refractivity contribution is 0.271. The average molecular weight is 549 g/mol. The van der Waals surface area contributed by atoms with Gasteiger partial charge in [-0.3, -0.25) is 0 Å². The second-order valence-corrected chi connectivity index (χ2v) is 10.4. The third-order valence-corrected chi connectivity index (χ3v) is 6.52. The highest BCUT2D eigenvalue weighted by Gasteiger charge is 2.14. The van der Waals surface area contributed by atoms with Crippen LogP contribution in [0.2, 0.25) is 0 Å². The number of H-pyrrole nitrogens is 2. The molecule has 0 fully saturated rings. The molecule has 0 aliphatic carbocycles. The van der Waals surface area contributed by atoms with Gasteiger partial charge >= 0.3 is 0 Å². The molecule has 2 aromatic heterocycles. The van der Waals surface area contributed by atoms with Crippen molar-refractivity contribution in [3.63, 3.8) is 0 Å². The van der Waals surface area contributed by atoms with Crippen LogP contribution in [0.25, 0.3) is 44.8 Å². The lowest BCUT2D eigenvalue weighted by atomic mass is 10.1. The monoisotopic (exact) mass is 548 g/mol. The lowest BCUT2D eigenvalue weighted by Gasteiger charge is -2.10. The first-order valence-electron chi connectivity index (χ1n) is 13.3. The molecule has 2 N–H and O–H groups in total. The predicted octanol–water partition coefficient (Wildman–Crippen LogP) is 5.71. The Morgan fingerprint density at radius 2 is 1.05 bits per heavy atom. The minimum atomic E-state index is -0.436. The molecule has 2 heterocycles. The van der Waals surface area contributed by atoms with E-state index >= 15 is 0 Å². The van der Waals surface area contributed by atoms with Crippen LogP contribution in [0.5, 0.6) is 11.5 Å². The summed E-state index contributed by atoms with van der Waals surface area (Å²) < 4.78 is 40.4. The summed E-state index contributed by atoms with van der Waals surface area (Å²) in [4.78, 5) is 19.8. The van der Waals surface area contributed by atoms with Gasteiger partial charge in [-0.15, -0.1) is 0 Å². The Labute approximate surface area is 231 Å². The number of aromatic nitrogens is 4. The van der Waals surface area contributed by atoms with E-state index in [0.29, 0.717) is 46.9 Å². The molecule has 0 saturated carbocycles. The fourth-order valence-corrected chi connectivity index (χ4v) is 4.43. The number of benzene rings is 3. The van der Waals surface area contributed by atoms with Crippen molar-refractivity contribution in [2.45, 2.75) is 12.8 Å². The normalized spacial score (nSPS) is 11.8.